The van der Waals surface area contributed by atoms with Crippen LogP contribution in [0.3, 0.4) is 0 Å². The number of ketones is 1. The number of Topliss-reactive ketones (excluding diaryl/α,β-unsaturated/α-hetero) is 1. The molecule has 2 aromatic rings. The van der Waals surface area contributed by atoms with Crippen LogP contribution in [0.2, 0.25) is 5.02 Å². The van der Waals surface area contributed by atoms with E-state index >= 15 is 0 Å². The lowest BCUT2D eigenvalue weighted by molar-refractivity contribution is 0.102. The van der Waals surface area contributed by atoms with Crippen molar-refractivity contribution in [3.63, 3.8) is 0 Å². The zero-order chi connectivity index (χ0) is 13.8. The highest BCUT2D eigenvalue weighted by molar-refractivity contribution is 8.01. The Morgan fingerprint density at radius 1 is 1.37 bits per heavy atom. The molecule has 7 heteroatoms. The molecule has 0 atom stereocenters. The Bertz CT molecular complexity index is 586. The first-order valence-electron chi connectivity index (χ1n) is 5.49. The number of hydrogen-bond acceptors (Lipinski definition) is 6. The number of hydrogen-bond donors (Lipinski definition) is 0. The zero-order valence-corrected chi connectivity index (χ0v) is 12.8. The third-order valence-corrected chi connectivity index (χ3v) is 4.83. The number of carbonyl (C=O) groups is 1. The molecule has 1 aromatic carbocycles. The molecule has 2 rings (SSSR count). The summed E-state index contributed by atoms with van der Waals surface area (Å²) in [7, 11) is 3.81. The summed E-state index contributed by atoms with van der Waals surface area (Å²) in [6, 6.07) is 7.06. The van der Waals surface area contributed by atoms with Gasteiger partial charge in [0, 0.05) is 19.7 Å². The number of benzene rings is 1. The van der Waals surface area contributed by atoms with Crippen LogP contribution < -0.4 is 4.90 Å². The summed E-state index contributed by atoms with van der Waals surface area (Å²) in [6.07, 6.45) is 0. The molecule has 0 radical (unpaired) electrons. The minimum atomic E-state index is -0.00259. The molecule has 0 saturated heterocycles. The minimum Gasteiger partial charge on any atom is -0.353 e. The molecule has 1 aromatic heterocycles. The molecule has 0 amide bonds. The van der Waals surface area contributed by atoms with Gasteiger partial charge in [-0.2, -0.15) is 0 Å². The zero-order valence-electron chi connectivity index (χ0n) is 10.5. The predicted molar refractivity (Wildman–Crippen MR) is 80.7 cm³/mol. The highest BCUT2D eigenvalue weighted by atomic mass is 35.5. The Morgan fingerprint density at radius 2 is 2.11 bits per heavy atom. The summed E-state index contributed by atoms with van der Waals surface area (Å²) >= 11 is 8.83. The maximum absolute atomic E-state index is 12.0. The SMILES string of the molecule is CN(C)c1nnc(SCC(=O)c2ccccc2Cl)s1. The average Bonchev–Trinajstić information content (AvgIpc) is 2.85. The summed E-state index contributed by atoms with van der Waals surface area (Å²) in [5.41, 5.74) is 0.550. The van der Waals surface area contributed by atoms with E-state index in [0.717, 1.165) is 9.47 Å². The van der Waals surface area contributed by atoms with Crippen LogP contribution in [0.25, 0.3) is 0 Å². The fourth-order valence-electron chi connectivity index (χ4n) is 1.33. The highest BCUT2D eigenvalue weighted by Gasteiger charge is 2.12. The van der Waals surface area contributed by atoms with E-state index in [4.69, 9.17) is 11.6 Å². The van der Waals surface area contributed by atoms with Crippen LogP contribution in [-0.2, 0) is 0 Å². The van der Waals surface area contributed by atoms with Gasteiger partial charge in [-0.15, -0.1) is 10.2 Å². The fraction of sp³-hybridized carbons (Fsp3) is 0.250. The number of carbonyl (C=O) groups excluding carboxylic acids is 1. The van der Waals surface area contributed by atoms with Crippen molar-refractivity contribution in [2.24, 2.45) is 0 Å². The molecule has 0 aliphatic heterocycles. The monoisotopic (exact) mass is 313 g/mol. The number of nitrogens with zero attached hydrogens (tertiary/aromatic N) is 3. The molecule has 4 nitrogen and oxygen atoms in total. The van der Waals surface area contributed by atoms with Crippen LogP contribution in [-0.4, -0.2) is 35.8 Å². The quantitative estimate of drug-likeness (QED) is 0.626. The van der Waals surface area contributed by atoms with Gasteiger partial charge in [0.1, 0.15) is 0 Å². The van der Waals surface area contributed by atoms with E-state index in [1.165, 1.54) is 23.1 Å². The van der Waals surface area contributed by atoms with E-state index < -0.39 is 0 Å². The van der Waals surface area contributed by atoms with Gasteiger partial charge in [-0.3, -0.25) is 4.79 Å². The lowest BCUT2D eigenvalue weighted by Gasteiger charge is -2.03. The molecular formula is C12H12ClN3OS2. The molecule has 0 aliphatic rings. The highest BCUT2D eigenvalue weighted by Crippen LogP contribution is 2.28. The van der Waals surface area contributed by atoms with Gasteiger partial charge in [0.25, 0.3) is 0 Å². The van der Waals surface area contributed by atoms with E-state index in [1.54, 1.807) is 24.3 Å². The van der Waals surface area contributed by atoms with E-state index in [9.17, 15) is 4.79 Å². The first kappa shape index (κ1) is 14.3. The maximum Gasteiger partial charge on any atom is 0.208 e. The van der Waals surface area contributed by atoms with E-state index in [-0.39, 0.29) is 5.78 Å². The molecule has 100 valence electrons. The molecule has 0 N–H and O–H groups in total. The van der Waals surface area contributed by atoms with Crippen molar-refractivity contribution < 1.29 is 4.79 Å². The van der Waals surface area contributed by atoms with Crippen LogP contribution in [0.1, 0.15) is 10.4 Å². The van der Waals surface area contributed by atoms with Gasteiger partial charge in [0.15, 0.2) is 10.1 Å². The third-order valence-electron chi connectivity index (χ3n) is 2.28. The van der Waals surface area contributed by atoms with Gasteiger partial charge in [-0.25, -0.2) is 0 Å². The van der Waals surface area contributed by atoms with E-state index in [0.29, 0.717) is 16.3 Å². The number of halogens is 1. The Balaban J connectivity index is 1.98. The Morgan fingerprint density at radius 3 is 2.74 bits per heavy atom. The molecule has 19 heavy (non-hydrogen) atoms. The smallest absolute Gasteiger partial charge is 0.208 e. The second kappa shape index (κ2) is 6.36. The van der Waals surface area contributed by atoms with Crippen molar-refractivity contribution in [1.82, 2.24) is 10.2 Å². The number of rotatable bonds is 5. The summed E-state index contributed by atoms with van der Waals surface area (Å²) in [6.45, 7) is 0. The van der Waals surface area contributed by atoms with Crippen molar-refractivity contribution in [2.45, 2.75) is 4.34 Å². The van der Waals surface area contributed by atoms with Crippen LogP contribution in [0, 0.1) is 0 Å². The molecule has 0 saturated carbocycles. The molecule has 0 spiro atoms. The first-order chi connectivity index (χ1) is 9.08. The van der Waals surface area contributed by atoms with Gasteiger partial charge in [0.2, 0.25) is 5.13 Å². The maximum atomic E-state index is 12.0. The largest absolute Gasteiger partial charge is 0.353 e. The van der Waals surface area contributed by atoms with Crippen molar-refractivity contribution >= 4 is 45.6 Å². The lowest BCUT2D eigenvalue weighted by atomic mass is 10.1. The number of aromatic nitrogens is 2. The molecule has 0 unspecified atom stereocenters. The van der Waals surface area contributed by atoms with Gasteiger partial charge >= 0.3 is 0 Å². The molecule has 1 heterocycles. The molecular weight excluding hydrogens is 302 g/mol. The van der Waals surface area contributed by atoms with Gasteiger partial charge in [0.05, 0.1) is 10.8 Å². The van der Waals surface area contributed by atoms with Crippen LogP contribution in [0.15, 0.2) is 28.6 Å². The first-order valence-corrected chi connectivity index (χ1v) is 7.67. The van der Waals surface area contributed by atoms with Crippen LogP contribution in [0.4, 0.5) is 5.13 Å². The predicted octanol–water partition coefficient (Wildman–Crippen LogP) is 3.23. The standard InChI is InChI=1S/C12H12ClN3OS2/c1-16(2)11-14-15-12(19-11)18-7-10(17)8-5-3-4-6-9(8)13/h3-6H,7H2,1-2H3. The van der Waals surface area contributed by atoms with Crippen molar-refractivity contribution in [3.05, 3.63) is 34.9 Å². The summed E-state index contributed by atoms with van der Waals surface area (Å²) in [5.74, 6) is 0.309. The molecule has 0 fully saturated rings. The van der Waals surface area contributed by atoms with Crippen LogP contribution in [0.5, 0.6) is 0 Å². The third kappa shape index (κ3) is 3.68. The molecule has 0 aliphatic carbocycles. The van der Waals surface area contributed by atoms with Crippen molar-refractivity contribution in [2.75, 3.05) is 24.7 Å². The van der Waals surface area contributed by atoms with Gasteiger partial charge in [-0.05, 0) is 12.1 Å². The molecule has 0 bridgehead atoms. The summed E-state index contributed by atoms with van der Waals surface area (Å²) in [5, 5.41) is 9.36. The van der Waals surface area contributed by atoms with Gasteiger partial charge in [-0.1, -0.05) is 46.8 Å². The van der Waals surface area contributed by atoms with Crippen molar-refractivity contribution in [3.8, 4) is 0 Å². The van der Waals surface area contributed by atoms with Gasteiger partial charge < -0.3 is 4.90 Å². The summed E-state index contributed by atoms with van der Waals surface area (Å²) in [4.78, 5) is 13.9. The topological polar surface area (TPSA) is 46.1 Å². The van der Waals surface area contributed by atoms with Crippen LogP contribution >= 0.6 is 34.7 Å². The lowest BCUT2D eigenvalue weighted by Crippen LogP contribution is -2.07. The number of thioether (sulfide) groups is 1. The fourth-order valence-corrected chi connectivity index (χ4v) is 3.22. The van der Waals surface area contributed by atoms with E-state index in [2.05, 4.69) is 10.2 Å². The average molecular weight is 314 g/mol. The minimum absolute atomic E-state index is 0.00259. The Labute approximate surface area is 124 Å². The Kier molecular flexibility index (Phi) is 4.79. The normalized spacial score (nSPS) is 10.5. The second-order valence-electron chi connectivity index (χ2n) is 3.94. The van der Waals surface area contributed by atoms with E-state index in [1.807, 2.05) is 19.0 Å². The Hall–Kier alpha value is -1.11. The summed E-state index contributed by atoms with van der Waals surface area (Å²) < 4.78 is 0.782. The second-order valence-corrected chi connectivity index (χ2v) is 6.52. The van der Waals surface area contributed by atoms with Crippen molar-refractivity contribution in [1.29, 1.82) is 0 Å². The number of anilines is 1.